The van der Waals surface area contributed by atoms with Crippen LogP contribution in [-0.2, 0) is 6.42 Å². The van der Waals surface area contributed by atoms with Crippen LogP contribution in [0.1, 0.15) is 27.0 Å². The Labute approximate surface area is 120 Å². The van der Waals surface area contributed by atoms with Crippen molar-refractivity contribution in [3.63, 3.8) is 0 Å². The lowest BCUT2D eigenvalue weighted by molar-refractivity contribution is 0.104. The summed E-state index contributed by atoms with van der Waals surface area (Å²) in [5.41, 5.74) is 2.14. The Morgan fingerprint density at radius 2 is 2.10 bits per heavy atom. The molecule has 3 nitrogen and oxygen atoms in total. The average Bonchev–Trinajstić information content (AvgIpc) is 2.80. The third kappa shape index (κ3) is 2.19. The highest BCUT2D eigenvalue weighted by Gasteiger charge is 2.26. The van der Waals surface area contributed by atoms with Crippen molar-refractivity contribution in [1.82, 2.24) is 0 Å². The van der Waals surface area contributed by atoms with E-state index in [0.29, 0.717) is 28.7 Å². The predicted molar refractivity (Wildman–Crippen MR) is 75.2 cm³/mol. The molecule has 102 valence electrons. The lowest BCUT2D eigenvalue weighted by Gasteiger charge is -1.99. The van der Waals surface area contributed by atoms with Gasteiger partial charge in [0.05, 0.1) is 5.56 Å². The highest BCUT2D eigenvalue weighted by Crippen LogP contribution is 2.33. The number of carbonyl (C=O) groups is 1. The molecule has 0 aromatic heterocycles. The summed E-state index contributed by atoms with van der Waals surface area (Å²) >= 11 is 0. The molecule has 1 aliphatic rings. The van der Waals surface area contributed by atoms with Gasteiger partial charge in [0, 0.05) is 23.1 Å². The Balaban J connectivity index is 2.02. The molecule has 3 rings (SSSR count). The fourth-order valence-corrected chi connectivity index (χ4v) is 2.45. The van der Waals surface area contributed by atoms with Crippen molar-refractivity contribution in [3.8, 4) is 11.8 Å². The van der Waals surface area contributed by atoms with Crippen LogP contribution in [0.2, 0.25) is 0 Å². The highest BCUT2D eigenvalue weighted by atomic mass is 19.1. The second-order valence-electron chi connectivity index (χ2n) is 4.83. The van der Waals surface area contributed by atoms with E-state index in [-0.39, 0.29) is 17.1 Å². The molecule has 0 heterocycles. The van der Waals surface area contributed by atoms with E-state index >= 15 is 0 Å². The molecule has 0 atom stereocenters. The van der Waals surface area contributed by atoms with Crippen molar-refractivity contribution in [3.05, 3.63) is 70.0 Å². The van der Waals surface area contributed by atoms with Gasteiger partial charge < -0.3 is 5.11 Å². The van der Waals surface area contributed by atoms with Gasteiger partial charge in [0.15, 0.2) is 5.78 Å². The second kappa shape index (κ2) is 4.88. The molecule has 1 aliphatic carbocycles. The Morgan fingerprint density at radius 3 is 2.81 bits per heavy atom. The number of hydrogen-bond donors (Lipinski definition) is 1. The summed E-state index contributed by atoms with van der Waals surface area (Å²) in [6.45, 7) is 0. The summed E-state index contributed by atoms with van der Waals surface area (Å²) in [5, 5.41) is 18.6. The number of allylic oxidation sites excluding steroid dienone is 1. The third-order valence-electron chi connectivity index (χ3n) is 3.51. The maximum atomic E-state index is 13.3. The van der Waals surface area contributed by atoms with Crippen LogP contribution in [0.3, 0.4) is 0 Å². The molecule has 0 fully saturated rings. The first-order valence-electron chi connectivity index (χ1n) is 6.36. The second-order valence-corrected chi connectivity index (χ2v) is 4.83. The number of fused-ring (bicyclic) bond motifs is 1. The average molecular weight is 279 g/mol. The van der Waals surface area contributed by atoms with E-state index < -0.39 is 5.82 Å². The molecule has 4 heteroatoms. The fourth-order valence-electron chi connectivity index (χ4n) is 2.45. The lowest BCUT2D eigenvalue weighted by Crippen LogP contribution is -1.95. The number of hydrogen-bond acceptors (Lipinski definition) is 3. The van der Waals surface area contributed by atoms with Gasteiger partial charge in [-0.1, -0.05) is 18.2 Å². The van der Waals surface area contributed by atoms with Crippen LogP contribution in [0.5, 0.6) is 5.75 Å². The maximum Gasteiger partial charge on any atom is 0.189 e. The zero-order valence-corrected chi connectivity index (χ0v) is 10.9. The molecule has 0 unspecified atom stereocenters. The molecule has 1 N–H and O–H groups in total. The predicted octanol–water partition coefficient (Wildman–Crippen LogP) is 3.23. The van der Waals surface area contributed by atoms with E-state index in [0.717, 1.165) is 0 Å². The molecule has 2 aromatic carbocycles. The van der Waals surface area contributed by atoms with E-state index in [1.165, 1.54) is 18.2 Å². The van der Waals surface area contributed by atoms with Crippen LogP contribution in [0.25, 0.3) is 6.08 Å². The van der Waals surface area contributed by atoms with Gasteiger partial charge in [0.2, 0.25) is 0 Å². The maximum absolute atomic E-state index is 13.3. The Kier molecular flexibility index (Phi) is 3.03. The number of rotatable bonds is 1. The van der Waals surface area contributed by atoms with E-state index in [1.807, 2.05) is 0 Å². The normalized spacial score (nSPS) is 15.0. The van der Waals surface area contributed by atoms with Crippen molar-refractivity contribution < 1.29 is 14.3 Å². The largest absolute Gasteiger partial charge is 0.508 e. The van der Waals surface area contributed by atoms with E-state index in [9.17, 15) is 14.3 Å². The first kappa shape index (κ1) is 13.1. The quantitative estimate of drug-likeness (QED) is 0.815. The third-order valence-corrected chi connectivity index (χ3v) is 3.51. The standard InChI is InChI=1S/C17H10FNO2/c18-15-5-4-10(7-12(15)9-19)6-11-8-14-13(17(11)21)2-1-3-16(14)20/h1-7,20H,8H2. The number of nitriles is 1. The van der Waals surface area contributed by atoms with Gasteiger partial charge in [0.1, 0.15) is 17.6 Å². The molecule has 0 aliphatic heterocycles. The van der Waals surface area contributed by atoms with Gasteiger partial charge in [-0.3, -0.25) is 4.79 Å². The van der Waals surface area contributed by atoms with Crippen molar-refractivity contribution in [2.24, 2.45) is 0 Å². The summed E-state index contributed by atoms with van der Waals surface area (Å²) in [4.78, 5) is 12.3. The SMILES string of the molecule is N#Cc1cc(C=C2Cc3c(O)cccc3C2=O)ccc1F. The van der Waals surface area contributed by atoms with Crippen molar-refractivity contribution >= 4 is 11.9 Å². The van der Waals surface area contributed by atoms with Crippen molar-refractivity contribution in [1.29, 1.82) is 5.26 Å². The van der Waals surface area contributed by atoms with Crippen LogP contribution >= 0.6 is 0 Å². The van der Waals surface area contributed by atoms with Crippen LogP contribution in [-0.4, -0.2) is 10.9 Å². The molecule has 0 amide bonds. The molecule has 0 saturated carbocycles. The van der Waals surface area contributed by atoms with Gasteiger partial charge in [-0.2, -0.15) is 5.26 Å². The van der Waals surface area contributed by atoms with E-state index in [1.54, 1.807) is 30.3 Å². The Hall–Kier alpha value is -2.93. The molecule has 0 bridgehead atoms. The number of benzene rings is 2. The number of phenols is 1. The minimum absolute atomic E-state index is 0.0600. The number of carbonyl (C=O) groups excluding carboxylic acids is 1. The molecule has 0 radical (unpaired) electrons. The zero-order valence-electron chi connectivity index (χ0n) is 10.9. The fraction of sp³-hybridized carbons (Fsp3) is 0.0588. The zero-order chi connectivity index (χ0) is 15.0. The lowest BCUT2D eigenvalue weighted by atomic mass is 10.1. The van der Waals surface area contributed by atoms with Crippen molar-refractivity contribution in [2.45, 2.75) is 6.42 Å². The molecule has 2 aromatic rings. The van der Waals surface area contributed by atoms with Crippen LogP contribution in [0.15, 0.2) is 42.0 Å². The van der Waals surface area contributed by atoms with Crippen LogP contribution in [0.4, 0.5) is 4.39 Å². The Morgan fingerprint density at radius 1 is 1.29 bits per heavy atom. The summed E-state index contributed by atoms with van der Waals surface area (Å²) < 4.78 is 13.3. The van der Waals surface area contributed by atoms with Crippen LogP contribution < -0.4 is 0 Å². The molecule has 0 spiro atoms. The summed E-state index contributed by atoms with van der Waals surface area (Å²) in [6, 6.07) is 10.7. The highest BCUT2D eigenvalue weighted by molar-refractivity contribution is 6.16. The van der Waals surface area contributed by atoms with Gasteiger partial charge >= 0.3 is 0 Å². The topological polar surface area (TPSA) is 61.1 Å². The van der Waals surface area contributed by atoms with Gasteiger partial charge in [-0.15, -0.1) is 0 Å². The minimum Gasteiger partial charge on any atom is -0.508 e. The van der Waals surface area contributed by atoms with E-state index in [4.69, 9.17) is 5.26 Å². The van der Waals surface area contributed by atoms with Crippen molar-refractivity contribution in [2.75, 3.05) is 0 Å². The molecule has 0 saturated heterocycles. The van der Waals surface area contributed by atoms with E-state index in [2.05, 4.69) is 0 Å². The van der Waals surface area contributed by atoms with Gasteiger partial charge in [-0.25, -0.2) is 4.39 Å². The number of halogens is 1. The smallest absolute Gasteiger partial charge is 0.189 e. The number of aromatic hydroxyl groups is 1. The molecular formula is C17H10FNO2. The first-order valence-corrected chi connectivity index (χ1v) is 6.36. The molecule has 21 heavy (non-hydrogen) atoms. The number of Topliss-reactive ketones (excluding diaryl/α,β-unsaturated/α-hetero) is 1. The monoisotopic (exact) mass is 279 g/mol. The molecular weight excluding hydrogens is 269 g/mol. The van der Waals surface area contributed by atoms with Crippen LogP contribution in [0, 0.1) is 17.1 Å². The summed E-state index contributed by atoms with van der Waals surface area (Å²) in [5.74, 6) is -0.636. The summed E-state index contributed by atoms with van der Waals surface area (Å²) in [6.07, 6.45) is 1.96. The minimum atomic E-state index is -0.585. The number of phenolic OH excluding ortho intramolecular Hbond substituents is 1. The van der Waals surface area contributed by atoms with Gasteiger partial charge in [-0.05, 0) is 29.8 Å². The Bertz CT molecular complexity index is 831. The first-order chi connectivity index (χ1) is 10.1. The van der Waals surface area contributed by atoms with Gasteiger partial charge in [0.25, 0.3) is 0 Å². The summed E-state index contributed by atoms with van der Waals surface area (Å²) in [7, 11) is 0. The number of ketones is 1. The number of nitrogens with zero attached hydrogens (tertiary/aromatic N) is 1.